The predicted molar refractivity (Wildman–Crippen MR) is 135 cm³/mol. The van der Waals surface area contributed by atoms with E-state index in [-0.39, 0.29) is 6.10 Å². The molecule has 4 aliphatic rings. The third-order valence-electron chi connectivity index (χ3n) is 5.91. The number of carbonyl (C=O) groups is 1. The second-order valence-corrected chi connectivity index (χ2v) is 8.70. The Morgan fingerprint density at radius 3 is 2.16 bits per heavy atom. The summed E-state index contributed by atoms with van der Waals surface area (Å²) in [6, 6.07) is 0. The molecule has 4 heteroatoms. The molecule has 0 aromatic heterocycles. The van der Waals surface area contributed by atoms with E-state index in [2.05, 4.69) is 55.2 Å². The van der Waals surface area contributed by atoms with Gasteiger partial charge in [0.1, 0.15) is 6.10 Å². The average molecular weight is 445 g/mol. The van der Waals surface area contributed by atoms with E-state index < -0.39 is 5.97 Å². The molecule has 4 rings (SSSR count). The minimum Gasteiger partial charge on any atom is -0.459 e. The first-order valence-corrected chi connectivity index (χ1v) is 11.3. The highest BCUT2D eigenvalue weighted by Gasteiger charge is 2.25. The zero-order valence-electron chi connectivity index (χ0n) is 17.3. The Morgan fingerprint density at radius 2 is 1.55 bits per heavy atom. The van der Waals surface area contributed by atoms with Gasteiger partial charge in [-0.05, 0) is 71.3 Å². The lowest BCUT2D eigenvalue weighted by Crippen LogP contribution is -2.22. The number of rotatable bonds is 7. The Labute approximate surface area is 194 Å². The van der Waals surface area contributed by atoms with Gasteiger partial charge in [-0.3, -0.25) is 0 Å². The molecule has 156 valence electrons. The fraction of sp³-hybridized carbons (Fsp3) is 0.222. The molecule has 0 saturated carbocycles. The molecule has 31 heavy (non-hydrogen) atoms. The first kappa shape index (κ1) is 21.5. The van der Waals surface area contributed by atoms with Gasteiger partial charge in [0.15, 0.2) is 0 Å². The Hall–Kier alpha value is -2.69. The van der Waals surface area contributed by atoms with E-state index >= 15 is 0 Å². The van der Waals surface area contributed by atoms with E-state index in [9.17, 15) is 4.79 Å². The van der Waals surface area contributed by atoms with Crippen LogP contribution in [0.3, 0.4) is 0 Å². The maximum Gasteiger partial charge on any atom is 0.330 e. The average Bonchev–Trinajstić information content (AvgIpc) is 2.79. The highest BCUT2D eigenvalue weighted by Crippen LogP contribution is 2.35. The third kappa shape index (κ3) is 4.81. The zero-order chi connectivity index (χ0) is 21.8. The standard InChI is InChI=1S/C27H24O2S2/c1-2-27(28)29-20(17-24-22-10-6-4-8-19(22)12-16-26(24)31)13-14-23-21-9-5-3-7-18(21)11-15-25(23)30/h2-8,11-12,15-16,20H,1,9-10,13-14,17H2. The molecular formula is C27H24O2S2. The predicted octanol–water partition coefficient (Wildman–Crippen LogP) is 6.50. The number of carbonyl (C=O) groups excluding carboxylic acids is 1. The van der Waals surface area contributed by atoms with E-state index in [1.165, 1.54) is 33.9 Å². The fourth-order valence-corrected chi connectivity index (χ4v) is 4.90. The maximum absolute atomic E-state index is 12.1. The molecule has 1 unspecified atom stereocenters. The van der Waals surface area contributed by atoms with Crippen LogP contribution in [0.5, 0.6) is 0 Å². The largest absolute Gasteiger partial charge is 0.459 e. The van der Waals surface area contributed by atoms with E-state index in [1.54, 1.807) is 0 Å². The van der Waals surface area contributed by atoms with Crippen molar-refractivity contribution < 1.29 is 9.53 Å². The molecule has 0 spiro atoms. The third-order valence-corrected chi connectivity index (χ3v) is 6.68. The van der Waals surface area contributed by atoms with Crippen molar-refractivity contribution in [2.24, 2.45) is 0 Å². The summed E-state index contributed by atoms with van der Waals surface area (Å²) in [7, 11) is 0. The summed E-state index contributed by atoms with van der Waals surface area (Å²) in [5.74, 6) is -0.405. The minimum absolute atomic E-state index is 0.294. The van der Waals surface area contributed by atoms with Gasteiger partial charge in [0.05, 0.1) is 0 Å². The molecule has 2 nitrogen and oxygen atoms in total. The van der Waals surface area contributed by atoms with Crippen LogP contribution in [0.25, 0.3) is 0 Å². The van der Waals surface area contributed by atoms with Gasteiger partial charge in [-0.1, -0.05) is 79.6 Å². The smallest absolute Gasteiger partial charge is 0.330 e. The molecule has 0 bridgehead atoms. The Morgan fingerprint density at radius 1 is 0.968 bits per heavy atom. The molecule has 4 aliphatic carbocycles. The van der Waals surface area contributed by atoms with Gasteiger partial charge in [-0.15, -0.1) is 0 Å². The van der Waals surface area contributed by atoms with Gasteiger partial charge in [0.2, 0.25) is 0 Å². The number of allylic oxidation sites excluding steroid dienone is 15. The summed E-state index contributed by atoms with van der Waals surface area (Å²) < 4.78 is 5.77. The van der Waals surface area contributed by atoms with Crippen molar-refractivity contribution in [3.63, 3.8) is 0 Å². The Bertz CT molecular complexity index is 1100. The first-order valence-electron chi connectivity index (χ1n) is 10.5. The van der Waals surface area contributed by atoms with Crippen molar-refractivity contribution in [1.82, 2.24) is 0 Å². The summed E-state index contributed by atoms with van der Waals surface area (Å²) in [6.45, 7) is 3.56. The molecule has 0 aromatic carbocycles. The Kier molecular flexibility index (Phi) is 6.69. The van der Waals surface area contributed by atoms with Crippen LogP contribution in [0.2, 0.25) is 0 Å². The molecule has 0 aromatic rings. The number of hydrogen-bond acceptors (Lipinski definition) is 4. The van der Waals surface area contributed by atoms with Crippen molar-refractivity contribution in [2.75, 3.05) is 0 Å². The normalized spacial score (nSPS) is 20.3. The van der Waals surface area contributed by atoms with Gasteiger partial charge >= 0.3 is 5.97 Å². The number of thiocarbonyl (C=S) groups is 2. The monoisotopic (exact) mass is 444 g/mol. The lowest BCUT2D eigenvalue weighted by atomic mass is 9.83. The molecule has 0 radical (unpaired) electrons. The van der Waals surface area contributed by atoms with Gasteiger partial charge in [-0.2, -0.15) is 0 Å². The molecule has 0 fully saturated rings. The van der Waals surface area contributed by atoms with Crippen molar-refractivity contribution in [3.8, 4) is 0 Å². The van der Waals surface area contributed by atoms with E-state index in [0.29, 0.717) is 12.8 Å². The van der Waals surface area contributed by atoms with Crippen LogP contribution in [0.1, 0.15) is 32.1 Å². The van der Waals surface area contributed by atoms with Crippen LogP contribution < -0.4 is 0 Å². The first-order chi connectivity index (χ1) is 15.1. The molecule has 0 heterocycles. The van der Waals surface area contributed by atoms with Gasteiger partial charge in [0, 0.05) is 22.2 Å². The highest BCUT2D eigenvalue weighted by molar-refractivity contribution is 7.81. The lowest BCUT2D eigenvalue weighted by Gasteiger charge is -2.26. The topological polar surface area (TPSA) is 26.3 Å². The fourth-order valence-electron chi connectivity index (χ4n) is 4.33. The summed E-state index contributed by atoms with van der Waals surface area (Å²) in [6.07, 6.45) is 25.5. The van der Waals surface area contributed by atoms with Crippen molar-refractivity contribution in [2.45, 2.75) is 38.2 Å². The second kappa shape index (κ2) is 9.63. The van der Waals surface area contributed by atoms with Gasteiger partial charge in [-0.25, -0.2) is 4.79 Å². The molecule has 0 aliphatic heterocycles. The summed E-state index contributed by atoms with van der Waals surface area (Å²) in [5.41, 5.74) is 7.20. The van der Waals surface area contributed by atoms with E-state index in [4.69, 9.17) is 29.2 Å². The maximum atomic E-state index is 12.1. The van der Waals surface area contributed by atoms with Crippen molar-refractivity contribution in [3.05, 3.63) is 107 Å². The molecule has 0 saturated heterocycles. The van der Waals surface area contributed by atoms with E-state index in [1.807, 2.05) is 12.2 Å². The summed E-state index contributed by atoms with van der Waals surface area (Å²) in [5, 5.41) is 0. The molecular weight excluding hydrogens is 420 g/mol. The molecule has 0 N–H and O–H groups in total. The van der Waals surface area contributed by atoms with Gasteiger partial charge < -0.3 is 4.74 Å². The number of ether oxygens (including phenoxy) is 1. The van der Waals surface area contributed by atoms with Crippen LogP contribution >= 0.6 is 24.4 Å². The van der Waals surface area contributed by atoms with Crippen LogP contribution in [0.4, 0.5) is 0 Å². The quantitative estimate of drug-likeness (QED) is 0.254. The van der Waals surface area contributed by atoms with Crippen LogP contribution in [-0.4, -0.2) is 21.8 Å². The number of esters is 1. The van der Waals surface area contributed by atoms with Crippen molar-refractivity contribution in [1.29, 1.82) is 0 Å². The highest BCUT2D eigenvalue weighted by atomic mass is 32.1. The zero-order valence-corrected chi connectivity index (χ0v) is 18.9. The van der Waals surface area contributed by atoms with Crippen LogP contribution in [0, 0.1) is 0 Å². The van der Waals surface area contributed by atoms with Crippen LogP contribution in [-0.2, 0) is 9.53 Å². The van der Waals surface area contributed by atoms with Crippen molar-refractivity contribution >= 4 is 40.1 Å². The second-order valence-electron chi connectivity index (χ2n) is 7.82. The summed E-state index contributed by atoms with van der Waals surface area (Å²) in [4.78, 5) is 13.8. The minimum atomic E-state index is -0.405. The van der Waals surface area contributed by atoms with Crippen LogP contribution in [0.15, 0.2) is 107 Å². The lowest BCUT2D eigenvalue weighted by molar-refractivity contribution is -0.143. The Balaban J connectivity index is 1.56. The summed E-state index contributed by atoms with van der Waals surface area (Å²) >= 11 is 11.3. The SMILES string of the molecule is C=CC(=O)OC(CCC1=C2CC=CC=C2C=CC1=S)CC1=C2CC=CC=C2C=CC1=S. The number of fused-ring (bicyclic) bond motifs is 2. The van der Waals surface area contributed by atoms with E-state index in [0.717, 1.165) is 34.6 Å². The van der Waals surface area contributed by atoms with Gasteiger partial charge in [0.25, 0.3) is 0 Å². The molecule has 1 atom stereocenters. The number of hydrogen-bond donors (Lipinski definition) is 0. The molecule has 0 amide bonds.